The zero-order valence-corrected chi connectivity index (χ0v) is 21.6. The predicted molar refractivity (Wildman–Crippen MR) is 137 cm³/mol. The van der Waals surface area contributed by atoms with Crippen molar-refractivity contribution in [3.8, 4) is 5.75 Å². The Morgan fingerprint density at radius 1 is 1.17 bits per heavy atom. The Balaban J connectivity index is 0.00000324. The van der Waals surface area contributed by atoms with Gasteiger partial charge in [0.2, 0.25) is 0 Å². The molecule has 1 aliphatic heterocycles. The van der Waals surface area contributed by atoms with E-state index >= 15 is 4.39 Å². The second-order valence-corrected chi connectivity index (χ2v) is 7.74. The van der Waals surface area contributed by atoms with Crippen molar-refractivity contribution in [2.45, 2.75) is 19.6 Å². The number of carbonyl (C=O) groups excluding carboxylic acids is 1. The van der Waals surface area contributed by atoms with E-state index in [1.807, 2.05) is 0 Å². The molecular formula is C24H32Cl2F2N4O4. The van der Waals surface area contributed by atoms with Crippen LogP contribution in [0.25, 0.3) is 0 Å². The standard InChI is InChI=1S/C24H30F2N4O4.2ClH/c1-2-33-22(24(31)29-15-16-3-5-17(6-4-16)23(27)28)20-18(25)7-8-19(21(20)26)34-14-11-30-9-12-32-13-10-30;;/h3-8,22H,2,9-15H2,1H3,(H3,27,28)(H,29,31);2*1H. The van der Waals surface area contributed by atoms with Crippen LogP contribution in [0.5, 0.6) is 5.75 Å². The second-order valence-electron chi connectivity index (χ2n) is 7.74. The molecule has 0 radical (unpaired) electrons. The summed E-state index contributed by atoms with van der Waals surface area (Å²) in [5.41, 5.74) is 6.23. The molecule has 1 heterocycles. The van der Waals surface area contributed by atoms with Gasteiger partial charge in [0, 0.05) is 38.3 Å². The summed E-state index contributed by atoms with van der Waals surface area (Å²) in [6.45, 7) is 5.43. The number of amides is 1. The first-order chi connectivity index (χ1) is 16.4. The first-order valence-electron chi connectivity index (χ1n) is 11.1. The van der Waals surface area contributed by atoms with Crippen LogP contribution < -0.4 is 15.8 Å². The van der Waals surface area contributed by atoms with Gasteiger partial charge in [0.1, 0.15) is 18.3 Å². The van der Waals surface area contributed by atoms with Crippen LogP contribution in [-0.2, 0) is 20.8 Å². The zero-order chi connectivity index (χ0) is 24.5. The fourth-order valence-electron chi connectivity index (χ4n) is 3.55. The number of nitrogen functional groups attached to an aromatic ring is 1. The van der Waals surface area contributed by atoms with E-state index in [1.54, 1.807) is 31.2 Å². The first-order valence-corrected chi connectivity index (χ1v) is 11.1. The van der Waals surface area contributed by atoms with Crippen molar-refractivity contribution in [3.05, 3.63) is 64.7 Å². The van der Waals surface area contributed by atoms with Gasteiger partial charge in [-0.2, -0.15) is 0 Å². The summed E-state index contributed by atoms with van der Waals surface area (Å²) in [6, 6.07) is 9.00. The summed E-state index contributed by atoms with van der Waals surface area (Å²) in [7, 11) is 0. The molecule has 1 aliphatic rings. The number of morpholine rings is 1. The number of halogens is 4. The highest BCUT2D eigenvalue weighted by molar-refractivity contribution is 5.94. The van der Waals surface area contributed by atoms with Crippen molar-refractivity contribution in [3.63, 3.8) is 0 Å². The third-order valence-electron chi connectivity index (χ3n) is 5.43. The average molecular weight is 549 g/mol. The topological polar surface area (TPSA) is 110 Å². The summed E-state index contributed by atoms with van der Waals surface area (Å²) in [4.78, 5) is 15.0. The van der Waals surface area contributed by atoms with E-state index in [0.717, 1.165) is 24.7 Å². The molecule has 200 valence electrons. The molecule has 1 saturated heterocycles. The van der Waals surface area contributed by atoms with E-state index in [-0.39, 0.29) is 56.2 Å². The number of hydrogen-bond donors (Lipinski definition) is 3. The summed E-state index contributed by atoms with van der Waals surface area (Å²) < 4.78 is 46.2. The van der Waals surface area contributed by atoms with Crippen molar-refractivity contribution >= 4 is 36.6 Å². The fourth-order valence-corrected chi connectivity index (χ4v) is 3.55. The monoisotopic (exact) mass is 548 g/mol. The maximum Gasteiger partial charge on any atom is 0.254 e. The van der Waals surface area contributed by atoms with Gasteiger partial charge in [-0.15, -0.1) is 24.8 Å². The Morgan fingerprint density at radius 2 is 1.83 bits per heavy atom. The lowest BCUT2D eigenvalue weighted by molar-refractivity contribution is -0.133. The number of nitrogens with two attached hydrogens (primary N) is 1. The lowest BCUT2D eigenvalue weighted by atomic mass is 10.1. The van der Waals surface area contributed by atoms with Crippen LogP contribution in [0.1, 0.15) is 29.7 Å². The van der Waals surface area contributed by atoms with Gasteiger partial charge >= 0.3 is 0 Å². The summed E-state index contributed by atoms with van der Waals surface area (Å²) in [6.07, 6.45) is -1.48. The Morgan fingerprint density at radius 3 is 2.44 bits per heavy atom. The Kier molecular flexibility index (Phi) is 13.6. The molecule has 0 aliphatic carbocycles. The molecule has 36 heavy (non-hydrogen) atoms. The number of hydrogen-bond acceptors (Lipinski definition) is 6. The third kappa shape index (κ3) is 8.56. The van der Waals surface area contributed by atoms with Crippen LogP contribution in [0.3, 0.4) is 0 Å². The molecule has 1 unspecified atom stereocenters. The van der Waals surface area contributed by atoms with Crippen molar-refractivity contribution in [1.82, 2.24) is 10.2 Å². The largest absolute Gasteiger partial charge is 0.489 e. The number of amidine groups is 1. The lowest BCUT2D eigenvalue weighted by Gasteiger charge is -2.26. The van der Waals surface area contributed by atoms with Gasteiger partial charge in [0.15, 0.2) is 17.7 Å². The smallest absolute Gasteiger partial charge is 0.254 e. The van der Waals surface area contributed by atoms with Crippen molar-refractivity contribution < 1.29 is 27.8 Å². The molecule has 1 atom stereocenters. The predicted octanol–water partition coefficient (Wildman–Crippen LogP) is 3.20. The van der Waals surface area contributed by atoms with Gasteiger partial charge < -0.3 is 25.3 Å². The number of ether oxygens (including phenoxy) is 3. The van der Waals surface area contributed by atoms with Gasteiger partial charge in [0.05, 0.1) is 18.8 Å². The number of nitrogens with one attached hydrogen (secondary N) is 2. The van der Waals surface area contributed by atoms with Gasteiger partial charge in [-0.3, -0.25) is 15.1 Å². The van der Waals surface area contributed by atoms with E-state index in [2.05, 4.69) is 10.2 Å². The molecular weight excluding hydrogens is 517 g/mol. The van der Waals surface area contributed by atoms with E-state index in [1.165, 1.54) is 6.07 Å². The molecule has 0 bridgehead atoms. The van der Waals surface area contributed by atoms with Crippen LogP contribution in [0, 0.1) is 17.0 Å². The highest BCUT2D eigenvalue weighted by atomic mass is 35.5. The Hall–Kier alpha value is -2.50. The number of nitrogens with zero attached hydrogens (tertiary/aromatic N) is 1. The lowest BCUT2D eigenvalue weighted by Crippen LogP contribution is -2.38. The van der Waals surface area contributed by atoms with E-state index in [0.29, 0.717) is 25.3 Å². The van der Waals surface area contributed by atoms with Crippen molar-refractivity contribution in [1.29, 1.82) is 5.41 Å². The summed E-state index contributed by atoms with van der Waals surface area (Å²) >= 11 is 0. The molecule has 0 spiro atoms. The number of carbonyl (C=O) groups is 1. The minimum atomic E-state index is -1.48. The van der Waals surface area contributed by atoms with E-state index in [9.17, 15) is 9.18 Å². The van der Waals surface area contributed by atoms with Crippen LogP contribution in [0.15, 0.2) is 36.4 Å². The van der Waals surface area contributed by atoms with Crippen LogP contribution in [0.2, 0.25) is 0 Å². The van der Waals surface area contributed by atoms with Crippen LogP contribution >= 0.6 is 24.8 Å². The molecule has 1 fully saturated rings. The fraction of sp³-hybridized carbons (Fsp3) is 0.417. The third-order valence-corrected chi connectivity index (χ3v) is 5.43. The molecule has 1 amide bonds. The molecule has 2 aromatic carbocycles. The maximum absolute atomic E-state index is 15.2. The van der Waals surface area contributed by atoms with Gasteiger partial charge in [0.25, 0.3) is 5.91 Å². The SMILES string of the molecule is CCOC(C(=O)NCc1ccc(C(=N)N)cc1)c1c(F)ccc(OCCN2CCOCC2)c1F.Cl.Cl. The summed E-state index contributed by atoms with van der Waals surface area (Å²) in [5.74, 6) is -2.73. The maximum atomic E-state index is 15.2. The molecule has 12 heteroatoms. The highest BCUT2D eigenvalue weighted by Crippen LogP contribution is 2.30. The minimum absolute atomic E-state index is 0. The molecule has 4 N–H and O–H groups in total. The quantitative estimate of drug-likeness (QED) is 0.294. The van der Waals surface area contributed by atoms with E-state index < -0.39 is 29.2 Å². The van der Waals surface area contributed by atoms with Gasteiger partial charge in [-0.25, -0.2) is 8.78 Å². The normalized spacial score (nSPS) is 14.2. The van der Waals surface area contributed by atoms with Crippen molar-refractivity contribution in [2.75, 3.05) is 46.1 Å². The Labute approximate surface area is 221 Å². The molecule has 3 rings (SSSR count). The highest BCUT2D eigenvalue weighted by Gasteiger charge is 2.29. The zero-order valence-electron chi connectivity index (χ0n) is 19.9. The number of rotatable bonds is 11. The molecule has 8 nitrogen and oxygen atoms in total. The van der Waals surface area contributed by atoms with Crippen LogP contribution in [0.4, 0.5) is 8.78 Å². The second kappa shape index (κ2) is 15.6. The van der Waals surface area contributed by atoms with E-state index in [4.69, 9.17) is 25.4 Å². The molecule has 0 aromatic heterocycles. The molecule has 0 saturated carbocycles. The van der Waals surface area contributed by atoms with Gasteiger partial charge in [-0.05, 0) is 24.6 Å². The number of benzene rings is 2. The van der Waals surface area contributed by atoms with Crippen molar-refractivity contribution in [2.24, 2.45) is 5.73 Å². The Bertz CT molecular complexity index is 993. The molecule has 2 aromatic rings. The summed E-state index contributed by atoms with van der Waals surface area (Å²) in [5, 5.41) is 10.1. The average Bonchev–Trinajstić information content (AvgIpc) is 2.84. The van der Waals surface area contributed by atoms with Crippen LogP contribution in [-0.4, -0.2) is 62.7 Å². The minimum Gasteiger partial charge on any atom is -0.489 e. The van der Waals surface area contributed by atoms with Gasteiger partial charge in [-0.1, -0.05) is 24.3 Å². The first kappa shape index (κ1) is 31.5.